The number of ether oxygens (including phenoxy) is 1. The third-order valence-electron chi connectivity index (χ3n) is 7.54. The van der Waals surface area contributed by atoms with Gasteiger partial charge in [-0.3, -0.25) is 4.99 Å². The SMILES string of the molecule is CN=Cc1c(/C(F)=C/c2cc(O)cc3ccccc23)nc(OCCc2nccn2C)nc1N1CC2CCC(C1)N2. The number of rotatable bonds is 8. The minimum atomic E-state index is -0.568. The van der Waals surface area contributed by atoms with E-state index >= 15 is 4.39 Å². The zero-order chi connectivity index (χ0) is 27.6. The van der Waals surface area contributed by atoms with E-state index in [1.54, 1.807) is 31.6 Å². The number of hydrogen-bond acceptors (Lipinski definition) is 8. The maximum Gasteiger partial charge on any atom is 0.319 e. The molecule has 0 spiro atoms. The van der Waals surface area contributed by atoms with Crippen LogP contribution in [0, 0.1) is 0 Å². The first-order valence-electron chi connectivity index (χ1n) is 13.5. The first-order valence-corrected chi connectivity index (χ1v) is 13.5. The van der Waals surface area contributed by atoms with Crippen LogP contribution in [0.2, 0.25) is 0 Å². The molecule has 0 saturated carbocycles. The summed E-state index contributed by atoms with van der Waals surface area (Å²) < 4.78 is 24.2. The molecular formula is C30H32FN7O2. The Balaban J connectivity index is 1.42. The molecule has 2 aromatic carbocycles. The number of halogens is 1. The maximum absolute atomic E-state index is 16.3. The number of piperazine rings is 1. The van der Waals surface area contributed by atoms with Crippen LogP contribution >= 0.6 is 0 Å². The van der Waals surface area contributed by atoms with Gasteiger partial charge in [0.05, 0.1) is 12.2 Å². The van der Waals surface area contributed by atoms with Crippen LogP contribution in [0.15, 0.2) is 53.8 Å². The highest BCUT2D eigenvalue weighted by molar-refractivity contribution is 5.98. The summed E-state index contributed by atoms with van der Waals surface area (Å²) in [6.45, 7) is 1.81. The predicted molar refractivity (Wildman–Crippen MR) is 155 cm³/mol. The maximum atomic E-state index is 16.3. The van der Waals surface area contributed by atoms with Crippen LogP contribution < -0.4 is 15.0 Å². The Bertz CT molecular complexity index is 1590. The number of hydrogen-bond donors (Lipinski definition) is 2. The highest BCUT2D eigenvalue weighted by Gasteiger charge is 2.34. The van der Waals surface area contributed by atoms with Gasteiger partial charge in [-0.25, -0.2) is 9.37 Å². The number of aliphatic imine (C=N–C) groups is 1. The fraction of sp³-hybridized carbons (Fsp3) is 0.333. The molecule has 10 heteroatoms. The van der Waals surface area contributed by atoms with Crippen molar-refractivity contribution in [3.05, 3.63) is 71.4 Å². The Kier molecular flexibility index (Phi) is 7.17. The number of phenolic OH excluding ortho intramolecular Hbond substituents is 1. The van der Waals surface area contributed by atoms with Crippen molar-refractivity contribution >= 4 is 34.7 Å². The monoisotopic (exact) mass is 541 g/mol. The number of phenols is 1. The number of aryl methyl sites for hydroxylation is 1. The van der Waals surface area contributed by atoms with Crippen molar-refractivity contribution in [2.24, 2.45) is 12.0 Å². The number of anilines is 1. The minimum Gasteiger partial charge on any atom is -0.508 e. The van der Waals surface area contributed by atoms with Crippen molar-refractivity contribution in [1.82, 2.24) is 24.8 Å². The van der Waals surface area contributed by atoms with Crippen LogP contribution in [0.5, 0.6) is 11.8 Å². The number of imidazole rings is 1. The first kappa shape index (κ1) is 25.9. The number of nitrogens with one attached hydrogen (secondary N) is 1. The summed E-state index contributed by atoms with van der Waals surface area (Å²) in [6.07, 6.45) is 9.39. The van der Waals surface area contributed by atoms with Gasteiger partial charge in [-0.05, 0) is 47.4 Å². The zero-order valence-corrected chi connectivity index (χ0v) is 22.6. The lowest BCUT2D eigenvalue weighted by atomic mass is 10.0. The van der Waals surface area contributed by atoms with E-state index in [-0.39, 0.29) is 17.5 Å². The molecule has 2 fully saturated rings. The van der Waals surface area contributed by atoms with Gasteiger partial charge in [0.2, 0.25) is 0 Å². The van der Waals surface area contributed by atoms with Crippen molar-refractivity contribution in [3.63, 3.8) is 0 Å². The molecule has 4 aromatic rings. The van der Waals surface area contributed by atoms with Crippen LogP contribution in [0.1, 0.15) is 35.5 Å². The predicted octanol–water partition coefficient (Wildman–Crippen LogP) is 4.15. The van der Waals surface area contributed by atoms with E-state index in [0.29, 0.717) is 42.1 Å². The molecule has 2 aliphatic heterocycles. The van der Waals surface area contributed by atoms with E-state index in [9.17, 15) is 5.11 Å². The van der Waals surface area contributed by atoms with Crippen molar-refractivity contribution < 1.29 is 14.2 Å². The molecule has 2 N–H and O–H groups in total. The Morgan fingerprint density at radius 3 is 2.75 bits per heavy atom. The number of nitrogens with zero attached hydrogens (tertiary/aromatic N) is 6. The molecule has 2 saturated heterocycles. The molecule has 2 bridgehead atoms. The Hall–Kier alpha value is -4.31. The molecule has 206 valence electrons. The topological polar surface area (TPSA) is 101 Å². The number of aromatic nitrogens is 4. The van der Waals surface area contributed by atoms with E-state index in [1.165, 1.54) is 6.08 Å². The van der Waals surface area contributed by atoms with Crippen LogP contribution in [0.25, 0.3) is 22.7 Å². The Morgan fingerprint density at radius 2 is 2.00 bits per heavy atom. The normalized spacial score (nSPS) is 19.2. The zero-order valence-electron chi connectivity index (χ0n) is 22.6. The van der Waals surface area contributed by atoms with Crippen LogP contribution in [-0.4, -0.2) is 69.7 Å². The minimum absolute atomic E-state index is 0.0612. The van der Waals surface area contributed by atoms with Gasteiger partial charge in [0, 0.05) is 64.3 Å². The summed E-state index contributed by atoms with van der Waals surface area (Å²) in [6, 6.07) is 11.6. The van der Waals surface area contributed by atoms with Crippen LogP contribution in [0.4, 0.5) is 10.2 Å². The molecule has 0 amide bonds. The molecule has 4 heterocycles. The van der Waals surface area contributed by atoms with Gasteiger partial charge in [-0.15, -0.1) is 0 Å². The molecular weight excluding hydrogens is 509 g/mol. The lowest BCUT2D eigenvalue weighted by Gasteiger charge is -2.34. The highest BCUT2D eigenvalue weighted by atomic mass is 19.1. The molecule has 2 unspecified atom stereocenters. The van der Waals surface area contributed by atoms with Crippen molar-refractivity contribution in [1.29, 1.82) is 0 Å². The van der Waals surface area contributed by atoms with Gasteiger partial charge in [-0.2, -0.15) is 9.97 Å². The van der Waals surface area contributed by atoms with Gasteiger partial charge in [0.15, 0.2) is 0 Å². The fourth-order valence-corrected chi connectivity index (χ4v) is 5.66. The second kappa shape index (κ2) is 11.1. The molecule has 2 aliphatic rings. The van der Waals surface area contributed by atoms with Crippen molar-refractivity contribution in [2.75, 3.05) is 31.6 Å². The molecule has 0 radical (unpaired) electrons. The van der Waals surface area contributed by atoms with Crippen molar-refractivity contribution in [2.45, 2.75) is 31.3 Å². The van der Waals surface area contributed by atoms with Crippen LogP contribution in [0.3, 0.4) is 0 Å². The number of benzene rings is 2. The summed E-state index contributed by atoms with van der Waals surface area (Å²) in [5.74, 6) is 0.966. The van der Waals surface area contributed by atoms with E-state index < -0.39 is 5.83 Å². The van der Waals surface area contributed by atoms with Gasteiger partial charge < -0.3 is 24.6 Å². The molecule has 2 aromatic heterocycles. The molecule has 2 atom stereocenters. The van der Waals surface area contributed by atoms with E-state index in [4.69, 9.17) is 9.72 Å². The van der Waals surface area contributed by atoms with Gasteiger partial charge in [0.1, 0.15) is 28.9 Å². The van der Waals surface area contributed by atoms with Crippen LogP contribution in [-0.2, 0) is 13.5 Å². The highest BCUT2D eigenvalue weighted by Crippen LogP contribution is 2.34. The molecule has 6 rings (SSSR count). The Morgan fingerprint density at radius 1 is 1.20 bits per heavy atom. The van der Waals surface area contributed by atoms with E-state index in [0.717, 1.165) is 42.5 Å². The summed E-state index contributed by atoms with van der Waals surface area (Å²) in [7, 11) is 3.58. The third kappa shape index (κ3) is 5.27. The largest absolute Gasteiger partial charge is 0.508 e. The second-order valence-electron chi connectivity index (χ2n) is 10.3. The third-order valence-corrected chi connectivity index (χ3v) is 7.54. The molecule has 40 heavy (non-hydrogen) atoms. The summed E-state index contributed by atoms with van der Waals surface area (Å²) in [4.78, 5) is 20.1. The first-order chi connectivity index (χ1) is 19.5. The lowest BCUT2D eigenvalue weighted by molar-refractivity contribution is 0.291. The summed E-state index contributed by atoms with van der Waals surface area (Å²) in [5.41, 5.74) is 1.14. The summed E-state index contributed by atoms with van der Waals surface area (Å²) in [5, 5.41) is 15.6. The number of aromatic hydroxyl groups is 1. The smallest absolute Gasteiger partial charge is 0.319 e. The van der Waals surface area contributed by atoms with Crippen molar-refractivity contribution in [3.8, 4) is 11.8 Å². The Labute approximate surface area is 232 Å². The molecule has 0 aliphatic carbocycles. The van der Waals surface area contributed by atoms with E-state index in [1.807, 2.05) is 42.1 Å². The summed E-state index contributed by atoms with van der Waals surface area (Å²) >= 11 is 0. The second-order valence-corrected chi connectivity index (χ2v) is 10.3. The average molecular weight is 542 g/mol. The number of fused-ring (bicyclic) bond motifs is 3. The lowest BCUT2D eigenvalue weighted by Crippen LogP contribution is -2.51. The van der Waals surface area contributed by atoms with Gasteiger partial charge in [0.25, 0.3) is 0 Å². The quantitative estimate of drug-likeness (QED) is 0.323. The fourth-order valence-electron chi connectivity index (χ4n) is 5.66. The van der Waals surface area contributed by atoms with Gasteiger partial charge >= 0.3 is 6.01 Å². The average Bonchev–Trinajstić information content (AvgIpc) is 3.52. The van der Waals surface area contributed by atoms with Gasteiger partial charge in [-0.1, -0.05) is 24.3 Å². The standard InChI is InChI=1S/C30H32FN7O2/c1-32-16-25-28(26(31)15-20-14-23(39)13-19-5-3-4-6-24(19)20)35-30(40-12-9-27-33-10-11-37(27)2)36-29(25)38-17-21-7-8-22(18-38)34-21/h3-6,10-11,13-16,21-22,34,39H,7-9,12,17-18H2,1-2H3/b26-15-,32-16?. The molecule has 9 nitrogen and oxygen atoms in total. The van der Waals surface area contributed by atoms with E-state index in [2.05, 4.69) is 25.2 Å².